The van der Waals surface area contributed by atoms with Crippen LogP contribution in [0.1, 0.15) is 24.5 Å². The maximum atomic E-state index is 14.6. The summed E-state index contributed by atoms with van der Waals surface area (Å²) in [5.74, 6) is -0.883. The normalized spacial score (nSPS) is 11.7. The minimum absolute atomic E-state index is 0.348. The fourth-order valence-electron chi connectivity index (χ4n) is 2.98. The second-order valence-corrected chi connectivity index (χ2v) is 6.81. The molecule has 0 aromatic heterocycles. The van der Waals surface area contributed by atoms with Crippen molar-refractivity contribution in [2.45, 2.75) is 25.9 Å². The number of alkyl halides is 2. The van der Waals surface area contributed by atoms with E-state index in [-0.39, 0.29) is 5.56 Å². The summed E-state index contributed by atoms with van der Waals surface area (Å²) in [4.78, 5) is 0. The van der Waals surface area contributed by atoms with Gasteiger partial charge in [-0.1, -0.05) is 36.4 Å². The van der Waals surface area contributed by atoms with E-state index in [0.29, 0.717) is 23.1 Å². The zero-order valence-corrected chi connectivity index (χ0v) is 16.7. The second-order valence-electron chi connectivity index (χ2n) is 6.81. The lowest BCUT2D eigenvalue weighted by Gasteiger charge is -2.19. The van der Waals surface area contributed by atoms with E-state index in [9.17, 15) is 13.2 Å². The van der Waals surface area contributed by atoms with Crippen LogP contribution in [0.2, 0.25) is 0 Å². The van der Waals surface area contributed by atoms with E-state index in [1.54, 1.807) is 12.1 Å². The minimum atomic E-state index is -3.69. The van der Waals surface area contributed by atoms with E-state index in [1.807, 2.05) is 31.2 Å². The fraction of sp³-hybridized carbons (Fsp3) is 0.200. The highest BCUT2D eigenvalue weighted by Crippen LogP contribution is 2.35. The molecule has 0 radical (unpaired) electrons. The van der Waals surface area contributed by atoms with Crippen LogP contribution >= 0.6 is 0 Å². The van der Waals surface area contributed by atoms with Crippen LogP contribution in [0.3, 0.4) is 0 Å². The van der Waals surface area contributed by atoms with Crippen LogP contribution in [-0.4, -0.2) is 6.61 Å². The lowest BCUT2D eigenvalue weighted by molar-refractivity contribution is -0.186. The van der Waals surface area contributed by atoms with Crippen molar-refractivity contribution in [1.82, 2.24) is 0 Å². The summed E-state index contributed by atoms with van der Waals surface area (Å²) in [5, 5.41) is 1.25. The Labute approximate surface area is 174 Å². The predicted molar refractivity (Wildman–Crippen MR) is 114 cm³/mol. The molecule has 3 rings (SSSR count). The van der Waals surface area contributed by atoms with Crippen LogP contribution in [0.5, 0.6) is 11.5 Å². The molecule has 30 heavy (non-hydrogen) atoms. The monoisotopic (exact) mass is 412 g/mol. The highest BCUT2D eigenvalue weighted by Gasteiger charge is 2.35. The quantitative estimate of drug-likeness (QED) is 0.347. The molecule has 5 heteroatoms. The Hall–Kier alpha value is -3.21. The molecule has 156 valence electrons. The maximum absolute atomic E-state index is 14.6. The van der Waals surface area contributed by atoms with Crippen molar-refractivity contribution >= 4 is 10.8 Å². The van der Waals surface area contributed by atoms with Gasteiger partial charge in [0.05, 0.1) is 5.56 Å². The molecule has 0 aliphatic rings. The van der Waals surface area contributed by atoms with Crippen molar-refractivity contribution in [2.24, 2.45) is 0 Å². The summed E-state index contributed by atoms with van der Waals surface area (Å²) in [6.45, 7) is 5.89. The maximum Gasteiger partial charge on any atom is 0.426 e. The van der Waals surface area contributed by atoms with Gasteiger partial charge in [-0.3, -0.25) is 0 Å². The Balaban J connectivity index is 1.79. The van der Waals surface area contributed by atoms with Gasteiger partial charge in [-0.15, -0.1) is 6.58 Å². The molecule has 0 atom stereocenters. The van der Waals surface area contributed by atoms with Gasteiger partial charge in [0.15, 0.2) is 11.6 Å². The second kappa shape index (κ2) is 9.53. The van der Waals surface area contributed by atoms with Gasteiger partial charge in [0.1, 0.15) is 12.4 Å². The Bertz CT molecular complexity index is 1040. The smallest absolute Gasteiger partial charge is 0.426 e. The number of allylic oxidation sites excluding steroid dienone is 2. The molecule has 0 amide bonds. The van der Waals surface area contributed by atoms with Crippen molar-refractivity contribution in [3.8, 4) is 11.5 Å². The molecular formula is C25H23F3O2. The topological polar surface area (TPSA) is 18.5 Å². The third kappa shape index (κ3) is 5.23. The molecule has 2 nitrogen and oxygen atoms in total. The molecule has 0 saturated carbocycles. The molecule has 0 aliphatic carbocycles. The molecule has 0 heterocycles. The lowest BCUT2D eigenvalue weighted by Crippen LogP contribution is -2.22. The molecule has 3 aromatic rings. The van der Waals surface area contributed by atoms with Crippen molar-refractivity contribution in [3.05, 3.63) is 96.3 Å². The number of aryl methyl sites for hydroxylation is 1. The Morgan fingerprint density at radius 3 is 2.47 bits per heavy atom. The zero-order valence-electron chi connectivity index (χ0n) is 16.7. The zero-order chi connectivity index (χ0) is 21.6. The summed E-state index contributed by atoms with van der Waals surface area (Å²) < 4.78 is 53.9. The fourth-order valence-corrected chi connectivity index (χ4v) is 2.98. The van der Waals surface area contributed by atoms with Gasteiger partial charge in [0, 0.05) is 0 Å². The van der Waals surface area contributed by atoms with Crippen molar-refractivity contribution < 1.29 is 22.6 Å². The first-order valence-electron chi connectivity index (χ1n) is 9.67. The summed E-state index contributed by atoms with van der Waals surface area (Å²) in [5.41, 5.74) is 0.637. The van der Waals surface area contributed by atoms with Crippen LogP contribution in [0.4, 0.5) is 13.2 Å². The SMILES string of the molecule is C=CCCc1ccc2cc(OC(F)(F)c3ccc(OC/C=C/C)cc3)c(F)cc2c1. The molecule has 0 N–H and O–H groups in total. The number of ether oxygens (including phenoxy) is 2. The van der Waals surface area contributed by atoms with E-state index in [4.69, 9.17) is 9.47 Å². The van der Waals surface area contributed by atoms with Gasteiger partial charge in [-0.25, -0.2) is 4.39 Å². The minimum Gasteiger partial charge on any atom is -0.490 e. The van der Waals surface area contributed by atoms with E-state index in [2.05, 4.69) is 6.58 Å². The van der Waals surface area contributed by atoms with Gasteiger partial charge < -0.3 is 9.47 Å². The number of fused-ring (bicyclic) bond motifs is 1. The van der Waals surface area contributed by atoms with Crippen LogP contribution in [-0.2, 0) is 12.5 Å². The first kappa shape index (κ1) is 21.5. The van der Waals surface area contributed by atoms with Crippen LogP contribution in [0, 0.1) is 5.82 Å². The van der Waals surface area contributed by atoms with Crippen molar-refractivity contribution in [2.75, 3.05) is 6.61 Å². The molecule has 0 unspecified atom stereocenters. The van der Waals surface area contributed by atoms with Gasteiger partial charge >= 0.3 is 6.11 Å². The molecular weight excluding hydrogens is 389 g/mol. The first-order valence-corrected chi connectivity index (χ1v) is 9.67. The average Bonchev–Trinajstić information content (AvgIpc) is 2.73. The Morgan fingerprint density at radius 2 is 1.77 bits per heavy atom. The number of hydrogen-bond acceptors (Lipinski definition) is 2. The molecule has 0 bridgehead atoms. The van der Waals surface area contributed by atoms with Crippen molar-refractivity contribution in [1.29, 1.82) is 0 Å². The van der Waals surface area contributed by atoms with Crippen LogP contribution in [0.25, 0.3) is 10.8 Å². The molecule has 0 aliphatic heterocycles. The first-order chi connectivity index (χ1) is 14.4. The standard InChI is InChI=1S/C25H23F3O2/c1-3-5-7-18-8-9-19-17-24(23(26)16-20(19)15-18)30-25(27,28)21-10-12-22(13-11-21)29-14-6-4-2/h3-4,6,8-13,15-17H,1,5,7,14H2,2H3/b6-4+. The highest BCUT2D eigenvalue weighted by molar-refractivity contribution is 5.84. The van der Waals surface area contributed by atoms with Gasteiger partial charge in [-0.05, 0) is 72.5 Å². The molecule has 3 aromatic carbocycles. The Morgan fingerprint density at radius 1 is 1.00 bits per heavy atom. The van der Waals surface area contributed by atoms with Gasteiger partial charge in [0.25, 0.3) is 0 Å². The molecule has 0 fully saturated rings. The average molecular weight is 412 g/mol. The third-order valence-electron chi connectivity index (χ3n) is 4.60. The number of hydrogen-bond donors (Lipinski definition) is 0. The molecule has 0 spiro atoms. The van der Waals surface area contributed by atoms with E-state index in [1.165, 1.54) is 36.4 Å². The number of benzene rings is 3. The largest absolute Gasteiger partial charge is 0.490 e. The van der Waals surface area contributed by atoms with Gasteiger partial charge in [-0.2, -0.15) is 8.78 Å². The number of rotatable bonds is 9. The lowest BCUT2D eigenvalue weighted by atomic mass is 10.0. The Kier molecular flexibility index (Phi) is 6.83. The van der Waals surface area contributed by atoms with E-state index >= 15 is 0 Å². The number of halogens is 3. The summed E-state index contributed by atoms with van der Waals surface area (Å²) >= 11 is 0. The summed E-state index contributed by atoms with van der Waals surface area (Å²) in [6.07, 6.45) is 3.34. The van der Waals surface area contributed by atoms with Crippen LogP contribution in [0.15, 0.2) is 79.4 Å². The van der Waals surface area contributed by atoms with Crippen molar-refractivity contribution in [3.63, 3.8) is 0 Å². The van der Waals surface area contributed by atoms with Gasteiger partial charge in [0.2, 0.25) is 0 Å². The van der Waals surface area contributed by atoms with E-state index in [0.717, 1.165) is 18.4 Å². The van der Waals surface area contributed by atoms with Crippen LogP contribution < -0.4 is 9.47 Å². The summed E-state index contributed by atoms with van der Waals surface area (Å²) in [7, 11) is 0. The molecule has 0 saturated heterocycles. The summed E-state index contributed by atoms with van der Waals surface area (Å²) in [6, 6.07) is 13.3. The van der Waals surface area contributed by atoms with E-state index < -0.39 is 17.7 Å². The predicted octanol–water partition coefficient (Wildman–Crippen LogP) is 7.18. The third-order valence-corrected chi connectivity index (χ3v) is 4.60. The highest BCUT2D eigenvalue weighted by atomic mass is 19.3.